The summed E-state index contributed by atoms with van der Waals surface area (Å²) in [6, 6.07) is 11.4. The Morgan fingerprint density at radius 3 is 2.58 bits per heavy atom. The van der Waals surface area contributed by atoms with Gasteiger partial charge in [0, 0.05) is 35.5 Å². The van der Waals surface area contributed by atoms with Gasteiger partial charge in [-0.2, -0.15) is 13.2 Å². The van der Waals surface area contributed by atoms with Crippen molar-refractivity contribution < 1.29 is 26.3 Å². The second kappa shape index (κ2) is 11.2. The summed E-state index contributed by atoms with van der Waals surface area (Å²) in [5, 5.41) is 7.15. The summed E-state index contributed by atoms with van der Waals surface area (Å²) in [7, 11) is -1.99. The number of fused-ring (bicyclic) bond motifs is 1. The number of rotatable bonds is 7. The number of aromatic nitrogens is 1. The van der Waals surface area contributed by atoms with Gasteiger partial charge in [-0.1, -0.05) is 24.8 Å². The van der Waals surface area contributed by atoms with Crippen LogP contribution in [0, 0.1) is 11.8 Å². The quantitative estimate of drug-likeness (QED) is 0.369. The van der Waals surface area contributed by atoms with E-state index in [0.29, 0.717) is 22.3 Å². The Morgan fingerprint density at radius 2 is 1.89 bits per heavy atom. The summed E-state index contributed by atoms with van der Waals surface area (Å²) >= 11 is 0. The van der Waals surface area contributed by atoms with Crippen LogP contribution in [0.2, 0.25) is 0 Å². The molecule has 1 aliphatic carbocycles. The molecule has 0 radical (unpaired) electrons. The highest BCUT2D eigenvalue weighted by molar-refractivity contribution is 7.90. The maximum Gasteiger partial charge on any atom is 0.406 e. The van der Waals surface area contributed by atoms with Crippen LogP contribution in [-0.2, 0) is 16.4 Å². The van der Waals surface area contributed by atoms with Gasteiger partial charge in [-0.3, -0.25) is 0 Å². The van der Waals surface area contributed by atoms with Crippen molar-refractivity contribution in [2.45, 2.75) is 55.4 Å². The fraction of sp³-hybridized carbons (Fsp3) is 0.407. The van der Waals surface area contributed by atoms with Gasteiger partial charge in [-0.25, -0.2) is 8.42 Å². The monoisotopic (exact) mass is 548 g/mol. The molecule has 2 aromatic carbocycles. The molecule has 0 spiro atoms. The van der Waals surface area contributed by atoms with Crippen LogP contribution in [0.4, 0.5) is 24.5 Å². The third-order valence-electron chi connectivity index (χ3n) is 6.63. The molecule has 0 bridgehead atoms. The number of benzene rings is 2. The Bertz CT molecular complexity index is 1470. The van der Waals surface area contributed by atoms with Crippen molar-refractivity contribution in [1.29, 1.82) is 0 Å². The molecule has 0 amide bonds. The van der Waals surface area contributed by atoms with Crippen LogP contribution in [0.25, 0.3) is 10.9 Å². The number of hydrogen-bond acceptors (Lipinski definition) is 6. The van der Waals surface area contributed by atoms with E-state index in [1.807, 2.05) is 6.07 Å². The highest BCUT2D eigenvalue weighted by Crippen LogP contribution is 2.32. The van der Waals surface area contributed by atoms with E-state index in [0.717, 1.165) is 37.6 Å². The van der Waals surface area contributed by atoms with Crippen molar-refractivity contribution in [3.8, 4) is 17.6 Å². The number of ether oxygens (including phenoxy) is 1. The third-order valence-corrected chi connectivity index (χ3v) is 7.74. The van der Waals surface area contributed by atoms with Gasteiger partial charge in [0.2, 0.25) is 0 Å². The van der Waals surface area contributed by atoms with Crippen molar-refractivity contribution in [2.75, 3.05) is 30.5 Å². The van der Waals surface area contributed by atoms with Crippen molar-refractivity contribution in [1.82, 2.24) is 4.57 Å². The first kappa shape index (κ1) is 27.7. The first-order valence-electron chi connectivity index (χ1n) is 12.3. The summed E-state index contributed by atoms with van der Waals surface area (Å²) < 4.78 is 70.5. The predicted octanol–water partition coefficient (Wildman–Crippen LogP) is 4.76. The Hall–Kier alpha value is -3.36. The van der Waals surface area contributed by atoms with Gasteiger partial charge < -0.3 is 25.7 Å². The number of anilines is 2. The summed E-state index contributed by atoms with van der Waals surface area (Å²) in [4.78, 5) is 0.112. The van der Waals surface area contributed by atoms with Gasteiger partial charge in [0.25, 0.3) is 0 Å². The largest absolute Gasteiger partial charge is 0.495 e. The number of alkyl halides is 3. The number of nitrogens with zero attached hydrogens (tertiary/aromatic N) is 1. The maximum atomic E-state index is 13.5. The molecule has 0 unspecified atom stereocenters. The van der Waals surface area contributed by atoms with E-state index in [9.17, 15) is 21.6 Å². The average molecular weight is 549 g/mol. The lowest BCUT2D eigenvalue weighted by Crippen LogP contribution is -2.42. The summed E-state index contributed by atoms with van der Waals surface area (Å²) in [5.74, 6) is 6.06. The Kier molecular flexibility index (Phi) is 8.13. The Morgan fingerprint density at radius 1 is 1.13 bits per heavy atom. The molecule has 38 heavy (non-hydrogen) atoms. The predicted molar refractivity (Wildman–Crippen MR) is 143 cm³/mol. The van der Waals surface area contributed by atoms with Crippen molar-refractivity contribution >= 4 is 32.1 Å². The van der Waals surface area contributed by atoms with Crippen LogP contribution in [0.3, 0.4) is 0 Å². The summed E-state index contributed by atoms with van der Waals surface area (Å²) in [5.41, 5.74) is 8.21. The van der Waals surface area contributed by atoms with Crippen LogP contribution in [0.1, 0.15) is 31.4 Å². The Labute approximate surface area is 220 Å². The van der Waals surface area contributed by atoms with Gasteiger partial charge in [-0.15, -0.1) is 0 Å². The Balaban J connectivity index is 1.61. The van der Waals surface area contributed by atoms with Crippen LogP contribution in [-0.4, -0.2) is 51.2 Å². The average Bonchev–Trinajstić information content (AvgIpc) is 3.19. The lowest BCUT2D eigenvalue weighted by molar-refractivity contribution is -0.140. The molecule has 11 heteroatoms. The fourth-order valence-corrected chi connectivity index (χ4v) is 5.36. The molecular weight excluding hydrogens is 517 g/mol. The lowest BCUT2D eigenvalue weighted by Gasteiger charge is -2.30. The zero-order valence-corrected chi connectivity index (χ0v) is 22.0. The highest BCUT2D eigenvalue weighted by atomic mass is 32.2. The van der Waals surface area contributed by atoms with E-state index < -0.39 is 22.6 Å². The molecule has 1 aromatic heterocycles. The molecule has 0 aliphatic heterocycles. The van der Waals surface area contributed by atoms with Crippen LogP contribution in [0.5, 0.6) is 5.75 Å². The molecule has 1 saturated carbocycles. The first-order valence-corrected chi connectivity index (χ1v) is 14.2. The number of sulfone groups is 1. The SMILES string of the molecule is COc1cc(S(C)(=O)=O)ccc1NCC#Cc1cc2c(N[C@@H]3CCCC[C@@H]3N)cccc2n1CC(F)(F)F. The highest BCUT2D eigenvalue weighted by Gasteiger charge is 2.30. The van der Waals surface area contributed by atoms with E-state index in [2.05, 4.69) is 22.5 Å². The molecule has 204 valence electrons. The topological polar surface area (TPSA) is 98.4 Å². The smallest absolute Gasteiger partial charge is 0.406 e. The van der Waals surface area contributed by atoms with E-state index in [1.165, 1.54) is 23.8 Å². The molecule has 4 rings (SSSR count). The number of halogens is 3. The molecule has 1 heterocycles. The van der Waals surface area contributed by atoms with Gasteiger partial charge >= 0.3 is 6.18 Å². The minimum atomic E-state index is -4.43. The number of methoxy groups -OCH3 is 1. The van der Waals surface area contributed by atoms with Gasteiger partial charge in [0.05, 0.1) is 35.4 Å². The van der Waals surface area contributed by atoms with E-state index in [4.69, 9.17) is 10.5 Å². The fourth-order valence-electron chi connectivity index (χ4n) is 4.72. The van der Waals surface area contributed by atoms with Gasteiger partial charge in [-0.05, 0) is 49.1 Å². The number of hydrogen-bond donors (Lipinski definition) is 3. The number of nitrogens with one attached hydrogen (secondary N) is 2. The molecule has 0 saturated heterocycles. The molecular formula is C27H31F3N4O3S. The summed E-state index contributed by atoms with van der Waals surface area (Å²) in [6.07, 6.45) is 0.631. The summed E-state index contributed by atoms with van der Waals surface area (Å²) in [6.45, 7) is -1.06. The lowest BCUT2D eigenvalue weighted by atomic mass is 9.91. The first-order chi connectivity index (χ1) is 18.0. The van der Waals surface area contributed by atoms with Crippen molar-refractivity contribution in [3.63, 3.8) is 0 Å². The van der Waals surface area contributed by atoms with E-state index >= 15 is 0 Å². The van der Waals surface area contributed by atoms with Crippen molar-refractivity contribution in [3.05, 3.63) is 48.2 Å². The second-order valence-corrected chi connectivity index (χ2v) is 11.5. The minimum absolute atomic E-state index is 0.00917. The third kappa shape index (κ3) is 6.55. The molecule has 2 atom stereocenters. The molecule has 1 aliphatic rings. The van der Waals surface area contributed by atoms with E-state index in [-0.39, 0.29) is 29.2 Å². The minimum Gasteiger partial charge on any atom is -0.495 e. The zero-order chi connectivity index (χ0) is 27.5. The van der Waals surface area contributed by atoms with Gasteiger partial charge in [0.15, 0.2) is 9.84 Å². The van der Waals surface area contributed by atoms with Crippen LogP contribution in [0.15, 0.2) is 47.4 Å². The van der Waals surface area contributed by atoms with Crippen LogP contribution >= 0.6 is 0 Å². The molecule has 4 N–H and O–H groups in total. The second-order valence-electron chi connectivity index (χ2n) is 9.46. The maximum absolute atomic E-state index is 13.5. The van der Waals surface area contributed by atoms with E-state index in [1.54, 1.807) is 24.3 Å². The van der Waals surface area contributed by atoms with Crippen LogP contribution < -0.4 is 21.1 Å². The zero-order valence-electron chi connectivity index (χ0n) is 21.2. The number of nitrogens with two attached hydrogens (primary N) is 1. The standard InChI is InChI=1S/C27H31F3N4O3S/c1-37-26-16-19(38(2,35)36)12-13-24(26)32-14-6-7-18-15-20-22(33-23-9-4-3-8-21(23)31)10-5-11-25(20)34(18)17-27(28,29)30/h5,10-13,15-16,21,23,32-33H,3-4,8-9,14,17,31H2,1-2H3/t21-,23+/m0/s1. The normalized spacial score (nSPS) is 18.1. The van der Waals surface area contributed by atoms with Crippen molar-refractivity contribution in [2.24, 2.45) is 5.73 Å². The molecule has 7 nitrogen and oxygen atoms in total. The molecule has 3 aromatic rings. The molecule has 1 fully saturated rings. The van der Waals surface area contributed by atoms with Gasteiger partial charge in [0.1, 0.15) is 12.3 Å².